The van der Waals surface area contributed by atoms with Crippen molar-refractivity contribution in [2.75, 3.05) is 4.90 Å². The molecule has 1 aliphatic heterocycles. The lowest BCUT2D eigenvalue weighted by Crippen LogP contribution is -2.45. The number of carbonyl (C=O) groups excluding carboxylic acids is 1. The number of carboxylic acid groups (broad SMARTS) is 1. The molecule has 0 saturated carbocycles. The van der Waals surface area contributed by atoms with E-state index in [0.717, 1.165) is 9.13 Å². The molecule has 0 saturated heterocycles. The summed E-state index contributed by atoms with van der Waals surface area (Å²) in [5, 5.41) is 9.32. The van der Waals surface area contributed by atoms with Crippen LogP contribution in [0.15, 0.2) is 18.2 Å². The van der Waals surface area contributed by atoms with Crippen molar-refractivity contribution in [1.29, 1.82) is 0 Å². The zero-order valence-electron chi connectivity index (χ0n) is 11.5. The van der Waals surface area contributed by atoms with Gasteiger partial charge >= 0.3 is 12.1 Å². The van der Waals surface area contributed by atoms with E-state index in [0.29, 0.717) is 12.1 Å². The van der Waals surface area contributed by atoms with E-state index in [1.165, 1.54) is 4.90 Å². The van der Waals surface area contributed by atoms with Crippen LogP contribution in [0.5, 0.6) is 0 Å². The number of aliphatic carboxylic acids is 1. The van der Waals surface area contributed by atoms with Crippen LogP contribution in [0.3, 0.4) is 0 Å². The first-order valence-corrected chi connectivity index (χ1v) is 7.30. The summed E-state index contributed by atoms with van der Waals surface area (Å²) >= 11 is 2.16. The van der Waals surface area contributed by atoms with Gasteiger partial charge in [-0.2, -0.15) is 0 Å². The number of nitrogens with zero attached hydrogens (tertiary/aromatic N) is 1. The molecule has 6 heteroatoms. The number of fused-ring (bicyclic) bond motifs is 1. The molecule has 0 bridgehead atoms. The molecule has 0 radical (unpaired) electrons. The number of hydrogen-bond acceptors (Lipinski definition) is 3. The van der Waals surface area contributed by atoms with Gasteiger partial charge in [0.15, 0.2) is 0 Å². The van der Waals surface area contributed by atoms with E-state index in [4.69, 9.17) is 4.74 Å². The Hall–Kier alpha value is -1.31. The van der Waals surface area contributed by atoms with Crippen LogP contribution in [0.25, 0.3) is 0 Å². The van der Waals surface area contributed by atoms with Crippen molar-refractivity contribution in [3.05, 3.63) is 27.3 Å². The maximum atomic E-state index is 12.3. The monoisotopic (exact) mass is 389 g/mol. The smallest absolute Gasteiger partial charge is 0.415 e. The number of carboxylic acids is 1. The Labute approximate surface area is 131 Å². The summed E-state index contributed by atoms with van der Waals surface area (Å²) in [6, 6.07) is 4.61. The van der Waals surface area contributed by atoms with Gasteiger partial charge in [0, 0.05) is 9.99 Å². The van der Waals surface area contributed by atoms with Gasteiger partial charge in [0.05, 0.1) is 5.69 Å². The van der Waals surface area contributed by atoms with Crippen LogP contribution in [-0.2, 0) is 16.0 Å². The fourth-order valence-electron chi connectivity index (χ4n) is 2.15. The van der Waals surface area contributed by atoms with Crippen molar-refractivity contribution in [3.63, 3.8) is 0 Å². The Morgan fingerprint density at radius 2 is 2.05 bits per heavy atom. The second-order valence-electron chi connectivity index (χ2n) is 5.68. The lowest BCUT2D eigenvalue weighted by molar-refractivity contribution is -0.138. The summed E-state index contributed by atoms with van der Waals surface area (Å²) in [4.78, 5) is 24.9. The number of rotatable bonds is 1. The molecule has 0 aliphatic carbocycles. The standard InChI is InChI=1S/C14H16INO4/c1-14(2,3)20-13(19)16-10-5-4-9(15)6-8(10)7-11(16)12(17)18/h4-6,11H,7H2,1-3H3,(H,17,18). The number of amides is 1. The van der Waals surface area contributed by atoms with Gasteiger partial charge in [0.25, 0.3) is 0 Å². The van der Waals surface area contributed by atoms with Crippen LogP contribution in [0.1, 0.15) is 26.3 Å². The molecular weight excluding hydrogens is 373 g/mol. The summed E-state index contributed by atoms with van der Waals surface area (Å²) in [5.41, 5.74) is 0.814. The third-order valence-corrected chi connectivity index (χ3v) is 3.57. The molecule has 2 rings (SSSR count). The lowest BCUT2D eigenvalue weighted by atomic mass is 10.1. The largest absolute Gasteiger partial charge is 0.480 e. The van der Waals surface area contributed by atoms with Crippen molar-refractivity contribution in [2.24, 2.45) is 0 Å². The van der Waals surface area contributed by atoms with E-state index in [1.807, 2.05) is 12.1 Å². The van der Waals surface area contributed by atoms with Gasteiger partial charge in [0.1, 0.15) is 11.6 Å². The molecule has 108 valence electrons. The quantitative estimate of drug-likeness (QED) is 0.750. The molecule has 0 fully saturated rings. The highest BCUT2D eigenvalue weighted by Gasteiger charge is 2.40. The molecule has 1 N–H and O–H groups in total. The Balaban J connectivity index is 2.38. The van der Waals surface area contributed by atoms with E-state index < -0.39 is 23.7 Å². The predicted molar refractivity (Wildman–Crippen MR) is 83.0 cm³/mol. The third kappa shape index (κ3) is 3.05. The molecule has 1 aromatic rings. The average Bonchev–Trinajstić information content (AvgIpc) is 2.64. The molecule has 1 amide bonds. The molecule has 1 atom stereocenters. The topological polar surface area (TPSA) is 66.8 Å². The number of carbonyl (C=O) groups is 2. The SMILES string of the molecule is CC(C)(C)OC(=O)N1c2ccc(I)cc2CC1C(=O)O. The van der Waals surface area contributed by atoms with Gasteiger partial charge in [-0.25, -0.2) is 9.59 Å². The van der Waals surface area contributed by atoms with E-state index in [1.54, 1.807) is 26.8 Å². The highest BCUT2D eigenvalue weighted by atomic mass is 127. The van der Waals surface area contributed by atoms with Gasteiger partial charge < -0.3 is 9.84 Å². The first-order chi connectivity index (χ1) is 9.19. The normalized spacial score (nSPS) is 17.8. The number of anilines is 1. The molecule has 1 aromatic carbocycles. The molecule has 1 heterocycles. The first kappa shape index (κ1) is 15.1. The number of halogens is 1. The van der Waals surface area contributed by atoms with Crippen molar-refractivity contribution >= 4 is 40.3 Å². The second-order valence-corrected chi connectivity index (χ2v) is 6.93. The maximum Gasteiger partial charge on any atom is 0.415 e. The molecule has 20 heavy (non-hydrogen) atoms. The molecule has 1 aliphatic rings. The minimum Gasteiger partial charge on any atom is -0.480 e. The zero-order valence-corrected chi connectivity index (χ0v) is 13.7. The van der Waals surface area contributed by atoms with E-state index in [9.17, 15) is 14.7 Å². The van der Waals surface area contributed by atoms with Crippen LogP contribution in [0.2, 0.25) is 0 Å². The zero-order chi connectivity index (χ0) is 15.1. The average molecular weight is 389 g/mol. The second kappa shape index (κ2) is 5.23. The fraction of sp³-hybridized carbons (Fsp3) is 0.429. The summed E-state index contributed by atoms with van der Waals surface area (Å²) in [7, 11) is 0. The van der Waals surface area contributed by atoms with Gasteiger partial charge in [-0.1, -0.05) is 0 Å². The first-order valence-electron chi connectivity index (χ1n) is 6.22. The summed E-state index contributed by atoms with van der Waals surface area (Å²) in [5.74, 6) is -1.03. The van der Waals surface area contributed by atoms with Gasteiger partial charge in [-0.05, 0) is 67.1 Å². The maximum absolute atomic E-state index is 12.3. The molecule has 1 unspecified atom stereocenters. The van der Waals surface area contributed by atoms with Gasteiger partial charge in [-0.3, -0.25) is 4.90 Å². The van der Waals surface area contributed by atoms with Crippen molar-refractivity contribution in [1.82, 2.24) is 0 Å². The minimum atomic E-state index is -1.03. The Bertz CT molecular complexity index is 565. The van der Waals surface area contributed by atoms with Gasteiger partial charge in [-0.15, -0.1) is 0 Å². The van der Waals surface area contributed by atoms with Crippen LogP contribution < -0.4 is 4.90 Å². The molecule has 0 aromatic heterocycles. The van der Waals surface area contributed by atoms with Crippen molar-refractivity contribution in [2.45, 2.75) is 38.8 Å². The van der Waals surface area contributed by atoms with Crippen LogP contribution in [0, 0.1) is 3.57 Å². The van der Waals surface area contributed by atoms with Crippen LogP contribution in [0.4, 0.5) is 10.5 Å². The fourth-order valence-corrected chi connectivity index (χ4v) is 2.71. The minimum absolute atomic E-state index is 0.306. The highest BCUT2D eigenvalue weighted by Crippen LogP contribution is 2.34. The Morgan fingerprint density at radius 1 is 1.40 bits per heavy atom. The molecule has 0 spiro atoms. The number of hydrogen-bond donors (Lipinski definition) is 1. The summed E-state index contributed by atoms with van der Waals surface area (Å²) in [6.07, 6.45) is -0.314. The molecule has 5 nitrogen and oxygen atoms in total. The molecular formula is C14H16INO4. The van der Waals surface area contributed by atoms with Crippen LogP contribution in [-0.4, -0.2) is 28.8 Å². The van der Waals surface area contributed by atoms with Crippen molar-refractivity contribution in [3.8, 4) is 0 Å². The lowest BCUT2D eigenvalue weighted by Gasteiger charge is -2.27. The van der Waals surface area contributed by atoms with Crippen LogP contribution >= 0.6 is 22.6 Å². The third-order valence-electron chi connectivity index (χ3n) is 2.90. The summed E-state index contributed by atoms with van der Waals surface area (Å²) < 4.78 is 6.32. The number of benzene rings is 1. The predicted octanol–water partition coefficient (Wildman–Crippen LogP) is 3.04. The van der Waals surface area contributed by atoms with E-state index in [-0.39, 0.29) is 0 Å². The highest BCUT2D eigenvalue weighted by molar-refractivity contribution is 14.1. The van der Waals surface area contributed by atoms with E-state index in [2.05, 4.69) is 22.6 Å². The van der Waals surface area contributed by atoms with E-state index >= 15 is 0 Å². The van der Waals surface area contributed by atoms with Crippen molar-refractivity contribution < 1.29 is 19.4 Å². The number of ether oxygens (including phenoxy) is 1. The van der Waals surface area contributed by atoms with Gasteiger partial charge in [0.2, 0.25) is 0 Å². The summed E-state index contributed by atoms with van der Waals surface area (Å²) in [6.45, 7) is 5.27. The Morgan fingerprint density at radius 3 is 2.60 bits per heavy atom. The Kier molecular flexibility index (Phi) is 3.95.